The standard InChI is InChI=1S/C20H19N3O3S2/c1-13-22-18(12-28-13)15-5-3-14(4-6-15)9-10-21-20(24)17-11-16(27-2)7-8-19(17)23(25)26/h3-8,11-12H,9-10H2,1-2H3,(H,21,24). The summed E-state index contributed by atoms with van der Waals surface area (Å²) in [4.78, 5) is 28.4. The van der Waals surface area contributed by atoms with Gasteiger partial charge in [0, 0.05) is 28.5 Å². The molecule has 0 aliphatic carbocycles. The number of carbonyl (C=O) groups is 1. The molecule has 0 aliphatic rings. The molecule has 8 heteroatoms. The monoisotopic (exact) mass is 413 g/mol. The minimum Gasteiger partial charge on any atom is -0.351 e. The van der Waals surface area contributed by atoms with Crippen molar-refractivity contribution in [1.82, 2.24) is 10.3 Å². The first-order valence-electron chi connectivity index (χ1n) is 8.60. The molecule has 0 fully saturated rings. The minimum absolute atomic E-state index is 0.0890. The van der Waals surface area contributed by atoms with Gasteiger partial charge in [-0.25, -0.2) is 4.98 Å². The van der Waals surface area contributed by atoms with Crippen LogP contribution in [0.25, 0.3) is 11.3 Å². The van der Waals surface area contributed by atoms with Gasteiger partial charge in [-0.2, -0.15) is 0 Å². The van der Waals surface area contributed by atoms with Gasteiger partial charge in [0.15, 0.2) is 0 Å². The number of hydrogen-bond donors (Lipinski definition) is 1. The van der Waals surface area contributed by atoms with E-state index in [-0.39, 0.29) is 11.3 Å². The molecular weight excluding hydrogens is 394 g/mol. The Kier molecular flexibility index (Phi) is 6.43. The van der Waals surface area contributed by atoms with Gasteiger partial charge in [-0.3, -0.25) is 14.9 Å². The molecule has 0 saturated carbocycles. The third-order valence-electron chi connectivity index (χ3n) is 4.21. The predicted octanol–water partition coefficient (Wildman–Crippen LogP) is 4.72. The van der Waals surface area contributed by atoms with E-state index in [0.29, 0.717) is 13.0 Å². The molecule has 0 unspecified atom stereocenters. The van der Waals surface area contributed by atoms with Crippen molar-refractivity contribution in [2.45, 2.75) is 18.2 Å². The number of nitrogens with one attached hydrogen (secondary N) is 1. The third kappa shape index (κ3) is 4.76. The number of thiazole rings is 1. The van der Waals surface area contributed by atoms with E-state index in [1.807, 2.05) is 42.8 Å². The Bertz CT molecular complexity index is 1000. The minimum atomic E-state index is -0.530. The molecule has 28 heavy (non-hydrogen) atoms. The highest BCUT2D eigenvalue weighted by Crippen LogP contribution is 2.25. The number of carbonyl (C=O) groups excluding carboxylic acids is 1. The molecule has 1 amide bonds. The molecule has 2 aromatic carbocycles. The SMILES string of the molecule is CSc1ccc([N+](=O)[O-])c(C(=O)NCCc2ccc(-c3csc(C)n3)cc2)c1. The summed E-state index contributed by atoms with van der Waals surface area (Å²) in [5.74, 6) is -0.433. The van der Waals surface area contributed by atoms with Gasteiger partial charge < -0.3 is 5.32 Å². The van der Waals surface area contributed by atoms with E-state index in [0.717, 1.165) is 26.7 Å². The van der Waals surface area contributed by atoms with Gasteiger partial charge in [-0.05, 0) is 37.3 Å². The molecule has 0 bridgehead atoms. The number of aromatic nitrogens is 1. The van der Waals surface area contributed by atoms with Crippen LogP contribution < -0.4 is 5.32 Å². The van der Waals surface area contributed by atoms with E-state index < -0.39 is 10.8 Å². The molecule has 3 rings (SSSR count). The molecule has 0 spiro atoms. The van der Waals surface area contributed by atoms with Crippen molar-refractivity contribution in [3.8, 4) is 11.3 Å². The number of hydrogen-bond acceptors (Lipinski definition) is 6. The molecule has 0 saturated heterocycles. The second-order valence-electron chi connectivity index (χ2n) is 6.09. The van der Waals surface area contributed by atoms with Crippen LogP contribution >= 0.6 is 23.1 Å². The third-order valence-corrected chi connectivity index (χ3v) is 5.71. The predicted molar refractivity (Wildman–Crippen MR) is 113 cm³/mol. The number of nitrogens with zero attached hydrogens (tertiary/aromatic N) is 2. The van der Waals surface area contributed by atoms with Crippen molar-refractivity contribution >= 4 is 34.7 Å². The summed E-state index contributed by atoms with van der Waals surface area (Å²) in [5.41, 5.74) is 3.00. The Morgan fingerprint density at radius 1 is 1.25 bits per heavy atom. The van der Waals surface area contributed by atoms with Gasteiger partial charge in [0.25, 0.3) is 11.6 Å². The number of benzene rings is 2. The number of nitro benzene ring substituents is 1. The summed E-state index contributed by atoms with van der Waals surface area (Å²) >= 11 is 3.05. The van der Waals surface area contributed by atoms with Gasteiger partial charge in [0.1, 0.15) is 5.56 Å². The maximum absolute atomic E-state index is 12.4. The molecule has 1 N–H and O–H groups in total. The Hall–Kier alpha value is -2.71. The summed E-state index contributed by atoms with van der Waals surface area (Å²) in [6.45, 7) is 2.37. The second kappa shape index (κ2) is 8.99. The topological polar surface area (TPSA) is 85.1 Å². The smallest absolute Gasteiger partial charge is 0.282 e. The second-order valence-corrected chi connectivity index (χ2v) is 8.04. The van der Waals surface area contributed by atoms with E-state index in [4.69, 9.17) is 0 Å². The van der Waals surface area contributed by atoms with Crippen molar-refractivity contribution in [1.29, 1.82) is 0 Å². The summed E-state index contributed by atoms with van der Waals surface area (Å²) in [6, 6.07) is 12.6. The summed E-state index contributed by atoms with van der Waals surface area (Å²) in [6.07, 6.45) is 2.50. The molecule has 1 heterocycles. The Morgan fingerprint density at radius 2 is 2.00 bits per heavy atom. The van der Waals surface area contributed by atoms with Crippen LogP contribution in [0.2, 0.25) is 0 Å². The first-order valence-corrected chi connectivity index (χ1v) is 10.7. The molecule has 0 atom stereocenters. The first-order chi connectivity index (χ1) is 13.5. The molecule has 3 aromatic rings. The molecule has 0 aliphatic heterocycles. The highest BCUT2D eigenvalue weighted by atomic mass is 32.2. The average molecular weight is 414 g/mol. The molecular formula is C20H19N3O3S2. The van der Waals surface area contributed by atoms with E-state index in [9.17, 15) is 14.9 Å². The number of nitro groups is 1. The van der Waals surface area contributed by atoms with Gasteiger partial charge >= 0.3 is 0 Å². The summed E-state index contributed by atoms with van der Waals surface area (Å²) < 4.78 is 0. The zero-order chi connectivity index (χ0) is 20.1. The van der Waals surface area contributed by atoms with Gasteiger partial charge in [-0.15, -0.1) is 23.1 Å². The van der Waals surface area contributed by atoms with E-state index in [1.54, 1.807) is 23.5 Å². The van der Waals surface area contributed by atoms with Crippen LogP contribution in [0.4, 0.5) is 5.69 Å². The molecule has 0 radical (unpaired) electrons. The van der Waals surface area contributed by atoms with Crippen LogP contribution in [0.3, 0.4) is 0 Å². The van der Waals surface area contributed by atoms with Gasteiger partial charge in [0.2, 0.25) is 0 Å². The van der Waals surface area contributed by atoms with Crippen LogP contribution in [0.15, 0.2) is 52.7 Å². The molecule has 1 aromatic heterocycles. The highest BCUT2D eigenvalue weighted by molar-refractivity contribution is 7.98. The number of rotatable bonds is 7. The zero-order valence-corrected chi connectivity index (χ0v) is 17.1. The first kappa shape index (κ1) is 20.0. The lowest BCUT2D eigenvalue weighted by atomic mass is 10.1. The van der Waals surface area contributed by atoms with Gasteiger partial charge in [-0.1, -0.05) is 24.3 Å². The average Bonchev–Trinajstić information content (AvgIpc) is 3.14. The number of amides is 1. The van der Waals surface area contributed by atoms with E-state index >= 15 is 0 Å². The summed E-state index contributed by atoms with van der Waals surface area (Å²) in [7, 11) is 0. The lowest BCUT2D eigenvalue weighted by Gasteiger charge is -2.08. The Labute approximate surface area is 171 Å². The fourth-order valence-electron chi connectivity index (χ4n) is 2.74. The molecule has 144 valence electrons. The van der Waals surface area contributed by atoms with E-state index in [2.05, 4.69) is 10.3 Å². The number of thioether (sulfide) groups is 1. The van der Waals surface area contributed by atoms with Crippen LogP contribution in [-0.2, 0) is 6.42 Å². The normalized spacial score (nSPS) is 10.6. The quantitative estimate of drug-likeness (QED) is 0.344. The highest BCUT2D eigenvalue weighted by Gasteiger charge is 2.20. The van der Waals surface area contributed by atoms with E-state index in [1.165, 1.54) is 17.8 Å². The van der Waals surface area contributed by atoms with Crippen LogP contribution in [0.1, 0.15) is 20.9 Å². The van der Waals surface area contributed by atoms with Crippen LogP contribution in [0, 0.1) is 17.0 Å². The van der Waals surface area contributed by atoms with Crippen LogP contribution in [-0.4, -0.2) is 28.6 Å². The fourth-order valence-corrected chi connectivity index (χ4v) is 3.80. The lowest BCUT2D eigenvalue weighted by molar-refractivity contribution is -0.385. The van der Waals surface area contributed by atoms with Crippen molar-refractivity contribution in [3.63, 3.8) is 0 Å². The largest absolute Gasteiger partial charge is 0.351 e. The van der Waals surface area contributed by atoms with Crippen molar-refractivity contribution in [2.24, 2.45) is 0 Å². The van der Waals surface area contributed by atoms with Crippen molar-refractivity contribution in [3.05, 3.63) is 74.1 Å². The Balaban J connectivity index is 1.62. The Morgan fingerprint density at radius 3 is 2.61 bits per heavy atom. The van der Waals surface area contributed by atoms with Crippen molar-refractivity contribution < 1.29 is 9.72 Å². The molecule has 6 nitrogen and oxygen atoms in total. The van der Waals surface area contributed by atoms with Crippen molar-refractivity contribution in [2.75, 3.05) is 12.8 Å². The number of aryl methyl sites for hydroxylation is 1. The van der Waals surface area contributed by atoms with Crippen LogP contribution in [0.5, 0.6) is 0 Å². The fraction of sp³-hybridized carbons (Fsp3) is 0.200. The maximum Gasteiger partial charge on any atom is 0.282 e. The maximum atomic E-state index is 12.4. The summed E-state index contributed by atoms with van der Waals surface area (Å²) in [5, 5.41) is 17.0. The zero-order valence-electron chi connectivity index (χ0n) is 15.5. The van der Waals surface area contributed by atoms with Gasteiger partial charge in [0.05, 0.1) is 15.6 Å². The lowest BCUT2D eigenvalue weighted by Crippen LogP contribution is -2.26.